The largest absolute Gasteiger partial charge is 0.496 e. The molecule has 46 heavy (non-hydrogen) atoms. The third-order valence-corrected chi connectivity index (χ3v) is 7.95. The van der Waals surface area contributed by atoms with Crippen molar-refractivity contribution in [3.8, 4) is 11.6 Å². The maximum atomic E-state index is 11.9. The van der Waals surface area contributed by atoms with Crippen molar-refractivity contribution >= 4 is 17.8 Å². The topological polar surface area (TPSA) is 145 Å². The predicted octanol–water partition coefficient (Wildman–Crippen LogP) is 5.13. The Morgan fingerprint density at radius 3 is 2.54 bits per heavy atom. The number of benzene rings is 1. The lowest BCUT2D eigenvalue weighted by atomic mass is 9.85. The van der Waals surface area contributed by atoms with Gasteiger partial charge in [0.25, 0.3) is 0 Å². The van der Waals surface area contributed by atoms with Crippen LogP contribution in [0.1, 0.15) is 65.6 Å². The van der Waals surface area contributed by atoms with E-state index in [1.165, 1.54) is 11.1 Å². The summed E-state index contributed by atoms with van der Waals surface area (Å²) in [5.41, 5.74) is 5.16. The predicted molar refractivity (Wildman–Crippen MR) is 162 cm³/mol. The van der Waals surface area contributed by atoms with Crippen molar-refractivity contribution in [2.75, 3.05) is 38.8 Å². The number of carbonyl (C=O) groups is 2. The molecule has 0 bridgehead atoms. The monoisotopic (exact) mass is 648 g/mol. The molecule has 14 heteroatoms. The molecule has 2 aliphatic rings. The first-order valence-corrected chi connectivity index (χ1v) is 15.1. The number of aromatic nitrogens is 3. The van der Waals surface area contributed by atoms with Gasteiger partial charge < -0.3 is 29.7 Å². The van der Waals surface area contributed by atoms with E-state index >= 15 is 0 Å². The van der Waals surface area contributed by atoms with Gasteiger partial charge in [0.2, 0.25) is 5.88 Å². The molecule has 11 nitrogen and oxygen atoms in total. The molecule has 2 aromatic heterocycles. The lowest BCUT2D eigenvalue weighted by Crippen LogP contribution is -2.21. The second-order valence-corrected chi connectivity index (χ2v) is 11.2. The Morgan fingerprint density at radius 1 is 1.13 bits per heavy atom. The fourth-order valence-corrected chi connectivity index (χ4v) is 5.62. The zero-order valence-electron chi connectivity index (χ0n) is 25.8. The minimum Gasteiger partial charge on any atom is -0.496 e. The lowest BCUT2D eigenvalue weighted by Gasteiger charge is -2.25. The van der Waals surface area contributed by atoms with E-state index in [2.05, 4.69) is 34.7 Å². The number of methoxy groups -OCH3 is 1. The summed E-state index contributed by atoms with van der Waals surface area (Å²) in [5.74, 6) is -1.14. The number of hydrogen-bond donors (Lipinski definition) is 3. The van der Waals surface area contributed by atoms with Gasteiger partial charge in [0.05, 0.1) is 25.8 Å². The van der Waals surface area contributed by atoms with Gasteiger partial charge in [-0.05, 0) is 66.8 Å². The molecule has 1 atom stereocenters. The van der Waals surface area contributed by atoms with Crippen molar-refractivity contribution in [2.45, 2.75) is 63.0 Å². The van der Waals surface area contributed by atoms with Crippen LogP contribution in [0.3, 0.4) is 0 Å². The summed E-state index contributed by atoms with van der Waals surface area (Å²) < 4.78 is 50.7. The number of carboxylic acids is 2. The lowest BCUT2D eigenvalue weighted by molar-refractivity contribution is -0.192. The van der Waals surface area contributed by atoms with E-state index in [1.54, 1.807) is 11.8 Å². The number of anilines is 1. The summed E-state index contributed by atoms with van der Waals surface area (Å²) in [5, 5.41) is 24.9. The fraction of sp³-hybridized carbons (Fsp3) is 0.500. The first-order chi connectivity index (χ1) is 21.9. The van der Waals surface area contributed by atoms with Gasteiger partial charge in [-0.25, -0.2) is 14.5 Å². The Morgan fingerprint density at radius 2 is 1.87 bits per heavy atom. The maximum Gasteiger partial charge on any atom is 0.490 e. The van der Waals surface area contributed by atoms with Gasteiger partial charge in [-0.1, -0.05) is 18.2 Å². The first-order valence-electron chi connectivity index (χ1n) is 15.1. The normalized spacial score (nSPS) is 15.5. The van der Waals surface area contributed by atoms with Gasteiger partial charge in [-0.3, -0.25) is 4.79 Å². The van der Waals surface area contributed by atoms with Crippen molar-refractivity contribution in [2.24, 2.45) is 7.05 Å². The Bertz CT molecular complexity index is 1490. The standard InChI is InChI=1S/C30H38N4O5.C2HF3O2/c1-34-28(39-15-11-24-7-5-21-4-3-12-31-30(21)32-24)19-25(33-34)16-23(18-29(35)36)26-17-22(6-8-27(26)37-2)20-9-13-38-14-10-20;3-2(4,5)1(6)7/h5-8,17,19-20,23H,3-4,9-16,18H2,1-2H3,(H,31,32)(H,35,36);(H,6,7). The Labute approximate surface area is 264 Å². The number of nitrogens with zero attached hydrogens (tertiary/aromatic N) is 3. The molecule has 2 aliphatic heterocycles. The molecule has 5 rings (SSSR count). The van der Waals surface area contributed by atoms with Gasteiger partial charge in [-0.15, -0.1) is 0 Å². The summed E-state index contributed by atoms with van der Waals surface area (Å²) in [6.45, 7) is 2.94. The quantitative estimate of drug-likeness (QED) is 0.256. The van der Waals surface area contributed by atoms with Gasteiger partial charge in [0, 0.05) is 50.9 Å². The third kappa shape index (κ3) is 9.59. The fourth-order valence-electron chi connectivity index (χ4n) is 5.62. The molecule has 3 aromatic rings. The van der Waals surface area contributed by atoms with Crippen LogP contribution in [0, 0.1) is 0 Å². The third-order valence-electron chi connectivity index (χ3n) is 7.95. The van der Waals surface area contributed by atoms with Crippen LogP contribution in [-0.4, -0.2) is 76.6 Å². The molecule has 4 heterocycles. The number of aliphatic carboxylic acids is 2. The van der Waals surface area contributed by atoms with E-state index in [-0.39, 0.29) is 12.3 Å². The molecule has 1 unspecified atom stereocenters. The number of pyridine rings is 1. The van der Waals surface area contributed by atoms with Gasteiger partial charge >= 0.3 is 18.1 Å². The van der Waals surface area contributed by atoms with Crippen LogP contribution in [0.2, 0.25) is 0 Å². The summed E-state index contributed by atoms with van der Waals surface area (Å²) in [6.07, 6.45) is 0.197. The molecular formula is C32H39F3N4O7. The maximum absolute atomic E-state index is 11.9. The van der Waals surface area contributed by atoms with Crippen LogP contribution in [0.25, 0.3) is 0 Å². The first kappa shape index (κ1) is 34.5. The highest BCUT2D eigenvalue weighted by Gasteiger charge is 2.38. The zero-order chi connectivity index (χ0) is 33.3. The number of alkyl halides is 3. The molecule has 1 saturated heterocycles. The number of nitrogens with one attached hydrogen (secondary N) is 1. The Kier molecular flexibility index (Phi) is 11.9. The number of ether oxygens (including phenoxy) is 3. The highest BCUT2D eigenvalue weighted by molar-refractivity contribution is 5.73. The van der Waals surface area contributed by atoms with E-state index in [9.17, 15) is 23.1 Å². The van der Waals surface area contributed by atoms with Crippen molar-refractivity contribution in [1.29, 1.82) is 0 Å². The van der Waals surface area contributed by atoms with Crippen molar-refractivity contribution in [3.63, 3.8) is 0 Å². The van der Waals surface area contributed by atoms with E-state index in [1.807, 2.05) is 19.2 Å². The van der Waals surface area contributed by atoms with Crippen LogP contribution in [0.5, 0.6) is 11.6 Å². The minimum absolute atomic E-state index is 0.0155. The molecule has 0 radical (unpaired) electrons. The van der Waals surface area contributed by atoms with E-state index < -0.39 is 18.1 Å². The van der Waals surface area contributed by atoms with Crippen molar-refractivity contribution in [1.82, 2.24) is 14.8 Å². The van der Waals surface area contributed by atoms with Crippen LogP contribution in [-0.2, 0) is 40.6 Å². The SMILES string of the molecule is COc1ccc(C2CCOCC2)cc1C(CC(=O)O)Cc1cc(OCCc2ccc3c(n2)NCCC3)n(C)n1.O=C(O)C(F)(F)F. The number of aryl methyl sites for hydroxylation is 2. The average Bonchev–Trinajstić information content (AvgIpc) is 3.38. The van der Waals surface area contributed by atoms with Crippen LogP contribution in [0.4, 0.5) is 19.0 Å². The summed E-state index contributed by atoms with van der Waals surface area (Å²) >= 11 is 0. The second kappa shape index (κ2) is 15.8. The van der Waals surface area contributed by atoms with Crippen molar-refractivity contribution in [3.05, 3.63) is 64.5 Å². The zero-order valence-corrected chi connectivity index (χ0v) is 25.8. The van der Waals surface area contributed by atoms with E-state index in [0.717, 1.165) is 68.2 Å². The molecule has 0 aliphatic carbocycles. The van der Waals surface area contributed by atoms with E-state index in [0.29, 0.717) is 37.0 Å². The molecular weight excluding hydrogens is 609 g/mol. The molecule has 3 N–H and O–H groups in total. The average molecular weight is 649 g/mol. The highest BCUT2D eigenvalue weighted by Crippen LogP contribution is 2.37. The summed E-state index contributed by atoms with van der Waals surface area (Å²) in [7, 11) is 3.48. The van der Waals surface area contributed by atoms with Crippen LogP contribution in [0.15, 0.2) is 36.4 Å². The van der Waals surface area contributed by atoms with Crippen molar-refractivity contribution < 1.29 is 47.2 Å². The Hall–Kier alpha value is -4.33. The molecule has 1 fully saturated rings. The highest BCUT2D eigenvalue weighted by atomic mass is 19.4. The van der Waals surface area contributed by atoms with Gasteiger partial charge in [-0.2, -0.15) is 18.3 Å². The molecule has 0 amide bonds. The van der Waals surface area contributed by atoms with Gasteiger partial charge in [0.15, 0.2) is 0 Å². The number of carboxylic acid groups (broad SMARTS) is 2. The number of rotatable bonds is 11. The Balaban J connectivity index is 0.000000617. The molecule has 0 spiro atoms. The van der Waals surface area contributed by atoms with Crippen LogP contribution >= 0.6 is 0 Å². The summed E-state index contributed by atoms with van der Waals surface area (Å²) in [4.78, 5) is 25.5. The molecule has 250 valence electrons. The molecule has 0 saturated carbocycles. The number of halogens is 3. The second-order valence-electron chi connectivity index (χ2n) is 11.2. The van der Waals surface area contributed by atoms with Crippen LogP contribution < -0.4 is 14.8 Å². The summed E-state index contributed by atoms with van der Waals surface area (Å²) in [6, 6.07) is 12.3. The van der Waals surface area contributed by atoms with Gasteiger partial charge in [0.1, 0.15) is 11.6 Å². The van der Waals surface area contributed by atoms with E-state index in [4.69, 9.17) is 29.1 Å². The number of fused-ring (bicyclic) bond motifs is 1. The number of hydrogen-bond acceptors (Lipinski definition) is 8. The molecule has 1 aromatic carbocycles. The minimum atomic E-state index is -5.08. The smallest absolute Gasteiger partial charge is 0.490 e.